The summed E-state index contributed by atoms with van der Waals surface area (Å²) in [6.45, 7) is 0.356. The molecule has 24 heavy (non-hydrogen) atoms. The van der Waals surface area contributed by atoms with Crippen molar-refractivity contribution < 1.29 is 9.59 Å². The van der Waals surface area contributed by atoms with Crippen molar-refractivity contribution in [3.05, 3.63) is 65.2 Å². The van der Waals surface area contributed by atoms with Crippen molar-refractivity contribution >= 4 is 17.5 Å². The van der Waals surface area contributed by atoms with E-state index in [4.69, 9.17) is 5.26 Å². The number of hydrogen-bond donors (Lipinski definition) is 2. The van der Waals surface area contributed by atoms with Crippen LogP contribution in [-0.4, -0.2) is 11.8 Å². The zero-order chi connectivity index (χ0) is 16.9. The number of carbonyl (C=O) groups excluding carboxylic acids is 2. The number of rotatable bonds is 5. The van der Waals surface area contributed by atoms with Gasteiger partial charge in [0.15, 0.2) is 0 Å². The third-order valence-electron chi connectivity index (χ3n) is 3.87. The minimum Gasteiger partial charge on any atom is -0.348 e. The molecule has 0 spiro atoms. The Bertz CT molecular complexity index is 802. The molecule has 1 aliphatic carbocycles. The summed E-state index contributed by atoms with van der Waals surface area (Å²) in [6, 6.07) is 16.0. The molecule has 120 valence electrons. The number of nitriles is 1. The van der Waals surface area contributed by atoms with E-state index in [2.05, 4.69) is 16.7 Å². The SMILES string of the molecule is N#Cc1cccc(CNC(=O)c2ccc(NC(=O)C3CC3)cc2)c1. The van der Waals surface area contributed by atoms with Gasteiger partial charge in [0.1, 0.15) is 0 Å². The largest absolute Gasteiger partial charge is 0.348 e. The lowest BCUT2D eigenvalue weighted by Gasteiger charge is -2.07. The van der Waals surface area contributed by atoms with Crippen LogP contribution < -0.4 is 10.6 Å². The third kappa shape index (κ3) is 3.99. The molecular formula is C19H17N3O2. The van der Waals surface area contributed by atoms with Gasteiger partial charge in [0.2, 0.25) is 5.91 Å². The summed E-state index contributed by atoms with van der Waals surface area (Å²) < 4.78 is 0. The van der Waals surface area contributed by atoms with Gasteiger partial charge >= 0.3 is 0 Å². The molecule has 5 heteroatoms. The Hall–Kier alpha value is -3.13. The third-order valence-corrected chi connectivity index (χ3v) is 3.87. The lowest BCUT2D eigenvalue weighted by Crippen LogP contribution is -2.22. The predicted octanol–water partition coefficient (Wildman–Crippen LogP) is 2.84. The molecule has 5 nitrogen and oxygen atoms in total. The van der Waals surface area contributed by atoms with Gasteiger partial charge in [-0.05, 0) is 54.8 Å². The minimum atomic E-state index is -0.197. The standard InChI is InChI=1S/C19H17N3O2/c20-11-13-2-1-3-14(10-13)12-21-18(23)15-6-8-17(9-7-15)22-19(24)16-4-5-16/h1-3,6-10,16H,4-5,12H2,(H,21,23)(H,22,24). The van der Waals surface area contributed by atoms with Crippen molar-refractivity contribution in [1.82, 2.24) is 5.32 Å². The maximum atomic E-state index is 12.2. The van der Waals surface area contributed by atoms with E-state index in [0.717, 1.165) is 18.4 Å². The predicted molar refractivity (Wildman–Crippen MR) is 90.1 cm³/mol. The average molecular weight is 319 g/mol. The van der Waals surface area contributed by atoms with E-state index in [1.54, 1.807) is 42.5 Å². The van der Waals surface area contributed by atoms with Gasteiger partial charge in [-0.2, -0.15) is 5.26 Å². The first-order chi connectivity index (χ1) is 11.7. The Morgan fingerprint density at radius 3 is 2.54 bits per heavy atom. The highest BCUT2D eigenvalue weighted by molar-refractivity contribution is 5.96. The van der Waals surface area contributed by atoms with Crippen molar-refractivity contribution in [3.8, 4) is 6.07 Å². The number of amides is 2. The molecule has 0 bridgehead atoms. The Kier molecular flexibility index (Phi) is 4.57. The molecule has 2 aromatic carbocycles. The van der Waals surface area contributed by atoms with Gasteiger partial charge in [-0.15, -0.1) is 0 Å². The summed E-state index contributed by atoms with van der Waals surface area (Å²) in [7, 11) is 0. The number of anilines is 1. The number of nitrogens with one attached hydrogen (secondary N) is 2. The van der Waals surface area contributed by atoms with Crippen molar-refractivity contribution in [2.24, 2.45) is 5.92 Å². The smallest absolute Gasteiger partial charge is 0.251 e. The molecule has 0 unspecified atom stereocenters. The minimum absolute atomic E-state index is 0.0459. The van der Waals surface area contributed by atoms with Gasteiger partial charge in [0.25, 0.3) is 5.91 Å². The second-order valence-corrected chi connectivity index (χ2v) is 5.84. The maximum Gasteiger partial charge on any atom is 0.251 e. The highest BCUT2D eigenvalue weighted by atomic mass is 16.2. The molecule has 2 aromatic rings. The second kappa shape index (κ2) is 6.97. The van der Waals surface area contributed by atoms with Crippen molar-refractivity contribution in [2.45, 2.75) is 19.4 Å². The average Bonchev–Trinajstić information content (AvgIpc) is 3.45. The molecule has 1 saturated carbocycles. The molecule has 0 atom stereocenters. The van der Waals surface area contributed by atoms with Crippen LogP contribution in [0.4, 0.5) is 5.69 Å². The molecule has 2 N–H and O–H groups in total. The van der Waals surface area contributed by atoms with E-state index in [-0.39, 0.29) is 17.7 Å². The maximum absolute atomic E-state index is 12.2. The van der Waals surface area contributed by atoms with Crippen molar-refractivity contribution in [2.75, 3.05) is 5.32 Å². The van der Waals surface area contributed by atoms with Crippen LogP contribution in [0, 0.1) is 17.2 Å². The zero-order valence-corrected chi connectivity index (χ0v) is 13.1. The van der Waals surface area contributed by atoms with Gasteiger partial charge in [0, 0.05) is 23.7 Å². The van der Waals surface area contributed by atoms with Crippen LogP contribution in [-0.2, 0) is 11.3 Å². The number of carbonyl (C=O) groups is 2. The summed E-state index contributed by atoms with van der Waals surface area (Å²) in [5.41, 5.74) is 2.66. The van der Waals surface area contributed by atoms with Crippen LogP contribution in [0.1, 0.15) is 34.3 Å². The first kappa shape index (κ1) is 15.8. The van der Waals surface area contributed by atoms with E-state index in [1.807, 2.05) is 6.07 Å². The van der Waals surface area contributed by atoms with Gasteiger partial charge < -0.3 is 10.6 Å². The normalized spacial score (nSPS) is 13.0. The number of benzene rings is 2. The molecule has 3 rings (SSSR count). The van der Waals surface area contributed by atoms with E-state index in [9.17, 15) is 9.59 Å². The molecule has 0 aliphatic heterocycles. The highest BCUT2D eigenvalue weighted by Crippen LogP contribution is 2.30. The van der Waals surface area contributed by atoms with E-state index in [0.29, 0.717) is 23.4 Å². The lowest BCUT2D eigenvalue weighted by atomic mass is 10.1. The Morgan fingerprint density at radius 2 is 1.88 bits per heavy atom. The topological polar surface area (TPSA) is 82.0 Å². The van der Waals surface area contributed by atoms with Gasteiger partial charge in [-0.25, -0.2) is 0 Å². The van der Waals surface area contributed by atoms with E-state index < -0.39 is 0 Å². The fourth-order valence-electron chi connectivity index (χ4n) is 2.33. The quantitative estimate of drug-likeness (QED) is 0.889. The van der Waals surface area contributed by atoms with Gasteiger partial charge in [-0.1, -0.05) is 12.1 Å². The monoisotopic (exact) mass is 319 g/mol. The molecule has 1 fully saturated rings. The molecule has 0 radical (unpaired) electrons. The molecule has 0 saturated heterocycles. The Morgan fingerprint density at radius 1 is 1.12 bits per heavy atom. The lowest BCUT2D eigenvalue weighted by molar-refractivity contribution is -0.117. The van der Waals surface area contributed by atoms with Crippen LogP contribution in [0.2, 0.25) is 0 Å². The van der Waals surface area contributed by atoms with Crippen LogP contribution in [0.5, 0.6) is 0 Å². The van der Waals surface area contributed by atoms with Crippen molar-refractivity contribution in [3.63, 3.8) is 0 Å². The first-order valence-corrected chi connectivity index (χ1v) is 7.84. The zero-order valence-electron chi connectivity index (χ0n) is 13.1. The van der Waals surface area contributed by atoms with Crippen LogP contribution in [0.3, 0.4) is 0 Å². The molecule has 0 heterocycles. The van der Waals surface area contributed by atoms with Crippen LogP contribution in [0.15, 0.2) is 48.5 Å². The van der Waals surface area contributed by atoms with E-state index in [1.165, 1.54) is 0 Å². The second-order valence-electron chi connectivity index (χ2n) is 5.84. The Balaban J connectivity index is 1.56. The van der Waals surface area contributed by atoms with Gasteiger partial charge in [0.05, 0.1) is 11.6 Å². The van der Waals surface area contributed by atoms with Gasteiger partial charge in [-0.3, -0.25) is 9.59 Å². The Labute approximate surface area is 140 Å². The van der Waals surface area contributed by atoms with Crippen LogP contribution >= 0.6 is 0 Å². The number of hydrogen-bond acceptors (Lipinski definition) is 3. The molecular weight excluding hydrogens is 302 g/mol. The summed E-state index contributed by atoms with van der Waals surface area (Å²) >= 11 is 0. The fourth-order valence-corrected chi connectivity index (χ4v) is 2.33. The van der Waals surface area contributed by atoms with E-state index >= 15 is 0 Å². The molecule has 0 aromatic heterocycles. The molecule has 1 aliphatic rings. The summed E-state index contributed by atoms with van der Waals surface area (Å²) in [5, 5.41) is 14.5. The number of nitrogens with zero attached hydrogens (tertiary/aromatic N) is 1. The summed E-state index contributed by atoms with van der Waals surface area (Å²) in [4.78, 5) is 23.9. The first-order valence-electron chi connectivity index (χ1n) is 7.84. The van der Waals surface area contributed by atoms with Crippen molar-refractivity contribution in [1.29, 1.82) is 5.26 Å². The summed E-state index contributed by atoms with van der Waals surface area (Å²) in [5.74, 6) is -0.000782. The highest BCUT2D eigenvalue weighted by Gasteiger charge is 2.29. The fraction of sp³-hybridized carbons (Fsp3) is 0.211. The molecule has 2 amide bonds. The summed E-state index contributed by atoms with van der Waals surface area (Å²) in [6.07, 6.45) is 1.92. The van der Waals surface area contributed by atoms with Crippen LogP contribution in [0.25, 0.3) is 0 Å².